The molecule has 1 fully saturated rings. The van der Waals surface area contributed by atoms with Crippen LogP contribution in [0.3, 0.4) is 0 Å². The van der Waals surface area contributed by atoms with Gasteiger partial charge >= 0.3 is 0 Å². The molecule has 0 saturated carbocycles. The Kier molecular flexibility index (Phi) is 8.99. The highest BCUT2D eigenvalue weighted by Crippen LogP contribution is 2.34. The van der Waals surface area contributed by atoms with E-state index in [4.69, 9.17) is 28.5 Å². The van der Waals surface area contributed by atoms with Crippen molar-refractivity contribution in [1.82, 2.24) is 35.2 Å². The van der Waals surface area contributed by atoms with Gasteiger partial charge in [-0.25, -0.2) is 9.97 Å². The first kappa shape index (κ1) is 28.3. The molecule has 4 rings (SSSR count). The number of pyridine rings is 1. The van der Waals surface area contributed by atoms with E-state index in [0.29, 0.717) is 54.5 Å². The molecule has 0 unspecified atom stereocenters. The van der Waals surface area contributed by atoms with E-state index < -0.39 is 18.0 Å². The smallest absolute Gasteiger partial charge is 0.274 e. The van der Waals surface area contributed by atoms with Gasteiger partial charge in [-0.15, -0.1) is 11.3 Å². The Balaban J connectivity index is 1.43. The maximum Gasteiger partial charge on any atom is 0.274 e. The summed E-state index contributed by atoms with van der Waals surface area (Å²) >= 11 is 7.32. The molecule has 3 amide bonds. The number of nitrogens with one attached hydrogen (secondary N) is 4. The second kappa shape index (κ2) is 12.4. The molecule has 15 heteroatoms. The van der Waals surface area contributed by atoms with E-state index >= 15 is 0 Å². The van der Waals surface area contributed by atoms with Crippen LogP contribution < -0.4 is 27.4 Å². The zero-order chi connectivity index (χ0) is 28.1. The highest BCUT2D eigenvalue weighted by Gasteiger charge is 2.38. The molecule has 0 aliphatic carbocycles. The van der Waals surface area contributed by atoms with Crippen LogP contribution in [-0.2, 0) is 4.79 Å². The largest absolute Gasteiger partial charge is 0.370 e. The lowest BCUT2D eigenvalue weighted by molar-refractivity contribution is -0.122. The first-order valence-corrected chi connectivity index (χ1v) is 13.7. The number of likely N-dealkylation sites (N-methyl/N-ethyl adjacent to an activating group) is 1. The predicted octanol–water partition coefficient (Wildman–Crippen LogP) is 0.856. The number of aromatic nitrogens is 3. The number of nitrogens with zero attached hydrogens (tertiary/aromatic N) is 4. The van der Waals surface area contributed by atoms with Crippen LogP contribution in [0.25, 0.3) is 5.65 Å². The number of nitrogens with two attached hydrogens (primary N) is 2. The van der Waals surface area contributed by atoms with Crippen LogP contribution in [0, 0.1) is 5.41 Å². The van der Waals surface area contributed by atoms with E-state index in [1.807, 2.05) is 0 Å². The van der Waals surface area contributed by atoms with Crippen LogP contribution in [0.5, 0.6) is 0 Å². The summed E-state index contributed by atoms with van der Waals surface area (Å²) in [5.74, 6) is -1.19. The fourth-order valence-corrected chi connectivity index (χ4v) is 5.55. The average Bonchev–Trinajstić information content (AvgIpc) is 3.64. The topological polar surface area (TPSA) is 197 Å². The molecule has 4 heterocycles. The van der Waals surface area contributed by atoms with Crippen molar-refractivity contribution in [3.63, 3.8) is 0 Å². The van der Waals surface area contributed by atoms with Gasteiger partial charge in [0.25, 0.3) is 11.8 Å². The number of carbonyl (C=O) groups excluding carboxylic acids is 3. The van der Waals surface area contributed by atoms with Crippen molar-refractivity contribution in [3.05, 3.63) is 51.3 Å². The average molecular weight is 575 g/mol. The number of rotatable bonds is 10. The lowest BCUT2D eigenvalue weighted by atomic mass is 10.1. The maximum absolute atomic E-state index is 13.4. The van der Waals surface area contributed by atoms with Crippen LogP contribution in [0.4, 0.5) is 0 Å². The molecular weight excluding hydrogens is 544 g/mol. The molecule has 0 bridgehead atoms. The van der Waals surface area contributed by atoms with E-state index in [9.17, 15) is 14.4 Å². The van der Waals surface area contributed by atoms with Gasteiger partial charge in [0, 0.05) is 44.0 Å². The zero-order valence-electron chi connectivity index (χ0n) is 21.3. The summed E-state index contributed by atoms with van der Waals surface area (Å²) in [5, 5.41) is 17.9. The van der Waals surface area contributed by atoms with Gasteiger partial charge in [-0.2, -0.15) is 0 Å². The highest BCUT2D eigenvalue weighted by molar-refractivity contribution is 7.09. The number of halogens is 1. The molecule has 3 aromatic rings. The Hall–Kier alpha value is -3.75. The Labute approximate surface area is 233 Å². The lowest BCUT2D eigenvalue weighted by Crippen LogP contribution is -2.45. The molecule has 1 aliphatic heterocycles. The van der Waals surface area contributed by atoms with E-state index in [1.165, 1.54) is 18.4 Å². The van der Waals surface area contributed by atoms with Crippen molar-refractivity contribution in [2.45, 2.75) is 43.8 Å². The summed E-state index contributed by atoms with van der Waals surface area (Å²) in [7, 11) is 1.51. The Bertz CT molecular complexity index is 1380. The van der Waals surface area contributed by atoms with Crippen molar-refractivity contribution in [2.75, 3.05) is 20.1 Å². The maximum atomic E-state index is 13.4. The fourth-order valence-electron chi connectivity index (χ4n) is 4.46. The third-order valence-electron chi connectivity index (χ3n) is 6.37. The van der Waals surface area contributed by atoms with Crippen LogP contribution in [0.2, 0.25) is 5.02 Å². The quantitative estimate of drug-likeness (QED) is 0.116. The van der Waals surface area contributed by atoms with Crippen molar-refractivity contribution < 1.29 is 14.4 Å². The van der Waals surface area contributed by atoms with Gasteiger partial charge in [0.15, 0.2) is 5.96 Å². The fraction of sp³-hybridized carbons (Fsp3) is 0.417. The number of hydrogen-bond donors (Lipinski definition) is 6. The third-order valence-corrected chi connectivity index (χ3v) is 7.54. The monoisotopic (exact) mass is 574 g/mol. The van der Waals surface area contributed by atoms with Crippen molar-refractivity contribution in [3.8, 4) is 0 Å². The Morgan fingerprint density at radius 1 is 1.23 bits per heavy atom. The summed E-state index contributed by atoms with van der Waals surface area (Å²) in [6.07, 6.45) is 5.51. The molecule has 3 atom stereocenters. The lowest BCUT2D eigenvalue weighted by Gasteiger charge is -2.22. The molecule has 8 N–H and O–H groups in total. The SMILES string of the molecule is CNC(=O)[C@H](CCCCNC(=N)N)NC(=O)c1csc([C@H]2C[C@@H](N)CN2C(=O)c2cn3cc(Cl)ccc3n2)n1. The molecule has 1 saturated heterocycles. The van der Waals surface area contributed by atoms with Crippen LogP contribution >= 0.6 is 22.9 Å². The Morgan fingerprint density at radius 2 is 2.03 bits per heavy atom. The van der Waals surface area contributed by atoms with Crippen molar-refractivity contribution in [2.24, 2.45) is 11.5 Å². The van der Waals surface area contributed by atoms with E-state index in [2.05, 4.69) is 25.9 Å². The minimum Gasteiger partial charge on any atom is -0.370 e. The van der Waals surface area contributed by atoms with Crippen molar-refractivity contribution in [1.29, 1.82) is 5.41 Å². The molecule has 1 aliphatic rings. The molecule has 13 nitrogen and oxygen atoms in total. The van der Waals surface area contributed by atoms with Gasteiger partial charge in [0.05, 0.1) is 11.1 Å². The second-order valence-corrected chi connectivity index (χ2v) is 10.6. The minimum atomic E-state index is -0.744. The zero-order valence-corrected chi connectivity index (χ0v) is 22.9. The summed E-state index contributed by atoms with van der Waals surface area (Å²) in [4.78, 5) is 49.3. The number of thiazole rings is 1. The highest BCUT2D eigenvalue weighted by atomic mass is 35.5. The molecular formula is C24H31ClN10O3S. The molecule has 0 spiro atoms. The van der Waals surface area contributed by atoms with Crippen LogP contribution in [0.1, 0.15) is 57.7 Å². The minimum absolute atomic E-state index is 0.114. The van der Waals surface area contributed by atoms with Crippen LogP contribution in [0.15, 0.2) is 29.9 Å². The molecule has 0 aromatic carbocycles. The number of amides is 3. The van der Waals surface area contributed by atoms with E-state index in [-0.39, 0.29) is 35.2 Å². The first-order valence-electron chi connectivity index (χ1n) is 12.4. The predicted molar refractivity (Wildman–Crippen MR) is 148 cm³/mol. The molecule has 0 radical (unpaired) electrons. The second-order valence-electron chi connectivity index (χ2n) is 9.26. The summed E-state index contributed by atoms with van der Waals surface area (Å²) in [5.41, 5.74) is 12.5. The number of imidazole rings is 1. The van der Waals surface area contributed by atoms with Crippen LogP contribution in [-0.4, -0.2) is 75.2 Å². The Morgan fingerprint density at radius 3 is 2.77 bits per heavy atom. The number of guanidine groups is 1. The van der Waals surface area contributed by atoms with Gasteiger partial charge in [0.2, 0.25) is 5.91 Å². The summed E-state index contributed by atoms with van der Waals surface area (Å²) in [6, 6.07) is 2.03. The van der Waals surface area contributed by atoms with Gasteiger partial charge in [-0.1, -0.05) is 11.6 Å². The standard InChI is InChI=1S/C24H31ClN10O3S/c1-29-20(36)15(4-2-3-7-30-24(27)28)32-21(37)17-12-39-22(33-17)18-8-14(26)10-35(18)23(38)16-11-34-9-13(25)5-6-19(34)31-16/h5-6,9,11-12,14-15,18H,2-4,7-8,10,26H2,1H3,(H,29,36)(H,32,37)(H4,27,28,30)/t14-,15+,18-/m1/s1. The number of fused-ring (bicyclic) bond motifs is 1. The number of carbonyl (C=O) groups is 3. The first-order chi connectivity index (χ1) is 18.7. The van der Waals surface area contributed by atoms with Crippen molar-refractivity contribution >= 4 is 52.3 Å². The summed E-state index contributed by atoms with van der Waals surface area (Å²) in [6.45, 7) is 0.830. The number of likely N-dealkylation sites (tertiary alicyclic amines) is 1. The summed E-state index contributed by atoms with van der Waals surface area (Å²) < 4.78 is 1.69. The van der Waals surface area contributed by atoms with E-state index in [1.54, 1.807) is 39.2 Å². The molecule has 3 aromatic heterocycles. The molecule has 208 valence electrons. The number of hydrogen-bond acceptors (Lipinski definition) is 8. The number of unbranched alkanes of at least 4 members (excludes halogenated alkanes) is 1. The normalized spacial score (nSPS) is 17.7. The van der Waals surface area contributed by atoms with Gasteiger partial charge < -0.3 is 36.7 Å². The third kappa shape index (κ3) is 6.82. The van der Waals surface area contributed by atoms with Gasteiger partial charge in [0.1, 0.15) is 28.1 Å². The van der Waals surface area contributed by atoms with Gasteiger partial charge in [-0.3, -0.25) is 19.8 Å². The van der Waals surface area contributed by atoms with Gasteiger partial charge in [-0.05, 0) is 37.8 Å². The molecule has 39 heavy (non-hydrogen) atoms. The van der Waals surface area contributed by atoms with E-state index in [0.717, 1.165) is 0 Å².